The maximum absolute atomic E-state index is 12.8. The average molecular weight is 273 g/mol. The Bertz CT molecular complexity index is 626. The third-order valence-electron chi connectivity index (χ3n) is 2.99. The minimum absolute atomic E-state index is 0.0793. The molecule has 0 fully saturated rings. The fourth-order valence-electron chi connectivity index (χ4n) is 1.98. The van der Waals surface area contributed by atoms with E-state index in [0.717, 1.165) is 17.7 Å². The normalized spacial score (nSPS) is 10.3. The van der Waals surface area contributed by atoms with Crippen LogP contribution in [-0.2, 0) is 6.42 Å². The van der Waals surface area contributed by atoms with Crippen LogP contribution in [0, 0.1) is 12.7 Å². The van der Waals surface area contributed by atoms with Gasteiger partial charge in [0.1, 0.15) is 11.6 Å². The van der Waals surface area contributed by atoms with Crippen LogP contribution in [0.3, 0.4) is 0 Å². The van der Waals surface area contributed by atoms with E-state index >= 15 is 0 Å². The van der Waals surface area contributed by atoms with Gasteiger partial charge in [0.2, 0.25) is 0 Å². The summed E-state index contributed by atoms with van der Waals surface area (Å²) in [6.07, 6.45) is 0.704. The van der Waals surface area contributed by atoms with Gasteiger partial charge in [-0.3, -0.25) is 4.79 Å². The first-order valence-corrected chi connectivity index (χ1v) is 6.38. The molecule has 1 amide bonds. The predicted molar refractivity (Wildman–Crippen MR) is 75.3 cm³/mol. The highest BCUT2D eigenvalue weighted by atomic mass is 19.1. The molecule has 0 aliphatic carbocycles. The van der Waals surface area contributed by atoms with Crippen LogP contribution in [0.1, 0.15) is 21.5 Å². The number of hydrogen-bond acceptors (Lipinski definition) is 2. The predicted octanol–water partition coefficient (Wildman–Crippen LogP) is 2.81. The van der Waals surface area contributed by atoms with Crippen LogP contribution >= 0.6 is 0 Å². The van der Waals surface area contributed by atoms with Crippen LogP contribution in [0.2, 0.25) is 0 Å². The van der Waals surface area contributed by atoms with E-state index in [4.69, 9.17) is 0 Å². The molecule has 0 spiro atoms. The van der Waals surface area contributed by atoms with Crippen LogP contribution in [0.5, 0.6) is 5.75 Å². The quantitative estimate of drug-likeness (QED) is 0.900. The van der Waals surface area contributed by atoms with Crippen LogP contribution in [0.15, 0.2) is 42.5 Å². The van der Waals surface area contributed by atoms with E-state index in [1.807, 2.05) is 25.1 Å². The van der Waals surface area contributed by atoms with Gasteiger partial charge in [0.05, 0.1) is 5.56 Å². The molecule has 4 heteroatoms. The average Bonchev–Trinajstić information content (AvgIpc) is 2.38. The summed E-state index contributed by atoms with van der Waals surface area (Å²) in [6.45, 7) is 2.47. The second kappa shape index (κ2) is 6.19. The molecule has 3 nitrogen and oxygen atoms in total. The standard InChI is InChI=1S/C16H16FNO2/c1-11-3-2-4-12(9-11)7-8-18-16(20)14-6-5-13(17)10-15(14)19/h2-6,9-10,19H,7-8H2,1H3,(H,18,20). The van der Waals surface area contributed by atoms with Crippen molar-refractivity contribution in [2.75, 3.05) is 6.54 Å². The van der Waals surface area contributed by atoms with Gasteiger partial charge >= 0.3 is 0 Å². The number of halogens is 1. The Balaban J connectivity index is 1.92. The second-order valence-corrected chi connectivity index (χ2v) is 4.66. The fourth-order valence-corrected chi connectivity index (χ4v) is 1.98. The van der Waals surface area contributed by atoms with E-state index in [1.54, 1.807) is 0 Å². The summed E-state index contributed by atoms with van der Waals surface area (Å²) < 4.78 is 12.8. The molecule has 0 saturated carbocycles. The molecule has 0 aliphatic rings. The van der Waals surface area contributed by atoms with Crippen molar-refractivity contribution in [1.82, 2.24) is 5.32 Å². The summed E-state index contributed by atoms with van der Waals surface area (Å²) in [5, 5.41) is 12.2. The molecule has 0 saturated heterocycles. The van der Waals surface area contributed by atoms with Crippen molar-refractivity contribution >= 4 is 5.91 Å². The summed E-state index contributed by atoms with van der Waals surface area (Å²) in [4.78, 5) is 11.8. The van der Waals surface area contributed by atoms with Gasteiger partial charge in [0.25, 0.3) is 5.91 Å². The molecule has 0 heterocycles. The van der Waals surface area contributed by atoms with Crippen molar-refractivity contribution in [1.29, 1.82) is 0 Å². The summed E-state index contributed by atoms with van der Waals surface area (Å²) in [6, 6.07) is 11.4. The van der Waals surface area contributed by atoms with Crippen LogP contribution in [0.25, 0.3) is 0 Å². The summed E-state index contributed by atoms with van der Waals surface area (Å²) in [5.74, 6) is -1.33. The Morgan fingerprint density at radius 2 is 2.05 bits per heavy atom. The molecule has 0 radical (unpaired) electrons. The van der Waals surface area contributed by atoms with Gasteiger partial charge in [-0.15, -0.1) is 0 Å². The number of carbonyl (C=O) groups excluding carboxylic acids is 1. The number of aryl methyl sites for hydroxylation is 1. The van der Waals surface area contributed by atoms with E-state index < -0.39 is 11.7 Å². The van der Waals surface area contributed by atoms with Crippen molar-refractivity contribution in [3.05, 3.63) is 65.0 Å². The third-order valence-corrected chi connectivity index (χ3v) is 2.99. The van der Waals surface area contributed by atoms with E-state index in [0.29, 0.717) is 13.0 Å². The van der Waals surface area contributed by atoms with Crippen LogP contribution < -0.4 is 5.32 Å². The molecule has 0 bridgehead atoms. The minimum atomic E-state index is -0.571. The monoisotopic (exact) mass is 273 g/mol. The Morgan fingerprint density at radius 1 is 1.25 bits per heavy atom. The lowest BCUT2D eigenvalue weighted by atomic mass is 10.1. The lowest BCUT2D eigenvalue weighted by Gasteiger charge is -2.07. The van der Waals surface area contributed by atoms with Crippen molar-refractivity contribution in [3.8, 4) is 5.75 Å². The number of rotatable bonds is 4. The second-order valence-electron chi connectivity index (χ2n) is 4.66. The number of amides is 1. The minimum Gasteiger partial charge on any atom is -0.507 e. The molecular formula is C16H16FNO2. The maximum atomic E-state index is 12.8. The van der Waals surface area contributed by atoms with Crippen LogP contribution in [0.4, 0.5) is 4.39 Å². The first kappa shape index (κ1) is 14.1. The number of hydrogen-bond donors (Lipinski definition) is 2. The molecule has 2 aromatic rings. The van der Waals surface area contributed by atoms with Gasteiger partial charge in [-0.05, 0) is 31.0 Å². The van der Waals surface area contributed by atoms with E-state index in [2.05, 4.69) is 11.4 Å². The van der Waals surface area contributed by atoms with Crippen LogP contribution in [-0.4, -0.2) is 17.6 Å². The molecule has 0 unspecified atom stereocenters. The number of phenols is 1. The molecular weight excluding hydrogens is 257 g/mol. The van der Waals surface area contributed by atoms with Gasteiger partial charge in [-0.25, -0.2) is 4.39 Å². The van der Waals surface area contributed by atoms with Gasteiger partial charge in [-0.1, -0.05) is 29.8 Å². The first-order chi connectivity index (χ1) is 9.56. The van der Waals surface area contributed by atoms with Crippen molar-refractivity contribution in [3.63, 3.8) is 0 Å². The van der Waals surface area contributed by atoms with E-state index in [1.165, 1.54) is 11.6 Å². The number of phenolic OH excluding ortho intramolecular Hbond substituents is 1. The zero-order chi connectivity index (χ0) is 14.5. The highest BCUT2D eigenvalue weighted by Crippen LogP contribution is 2.17. The van der Waals surface area contributed by atoms with Gasteiger partial charge in [0, 0.05) is 12.6 Å². The highest BCUT2D eigenvalue weighted by molar-refractivity contribution is 5.96. The van der Waals surface area contributed by atoms with E-state index in [-0.39, 0.29) is 11.3 Å². The maximum Gasteiger partial charge on any atom is 0.255 e. The Morgan fingerprint density at radius 3 is 2.75 bits per heavy atom. The number of aromatic hydroxyl groups is 1. The molecule has 2 rings (SSSR count). The largest absolute Gasteiger partial charge is 0.507 e. The lowest BCUT2D eigenvalue weighted by molar-refractivity contribution is 0.0951. The van der Waals surface area contributed by atoms with E-state index in [9.17, 15) is 14.3 Å². The topological polar surface area (TPSA) is 49.3 Å². The number of benzene rings is 2. The molecule has 104 valence electrons. The van der Waals surface area contributed by atoms with Crippen molar-refractivity contribution in [2.45, 2.75) is 13.3 Å². The Hall–Kier alpha value is -2.36. The molecule has 0 atom stereocenters. The van der Waals surface area contributed by atoms with Crippen molar-refractivity contribution in [2.24, 2.45) is 0 Å². The van der Waals surface area contributed by atoms with Crippen molar-refractivity contribution < 1.29 is 14.3 Å². The number of nitrogens with one attached hydrogen (secondary N) is 1. The SMILES string of the molecule is Cc1cccc(CCNC(=O)c2ccc(F)cc2O)c1. The number of carbonyl (C=O) groups is 1. The molecule has 20 heavy (non-hydrogen) atoms. The molecule has 2 aromatic carbocycles. The zero-order valence-electron chi connectivity index (χ0n) is 11.2. The lowest BCUT2D eigenvalue weighted by Crippen LogP contribution is -2.25. The summed E-state index contributed by atoms with van der Waals surface area (Å²) >= 11 is 0. The molecule has 2 N–H and O–H groups in total. The zero-order valence-corrected chi connectivity index (χ0v) is 11.2. The highest BCUT2D eigenvalue weighted by Gasteiger charge is 2.11. The molecule has 0 aliphatic heterocycles. The summed E-state index contributed by atoms with van der Waals surface area (Å²) in [5.41, 5.74) is 2.38. The Labute approximate surface area is 117 Å². The summed E-state index contributed by atoms with van der Waals surface area (Å²) in [7, 11) is 0. The molecule has 0 aromatic heterocycles. The fraction of sp³-hybridized carbons (Fsp3) is 0.188. The Kier molecular flexibility index (Phi) is 4.35. The first-order valence-electron chi connectivity index (χ1n) is 6.38. The van der Waals surface area contributed by atoms with Gasteiger partial charge in [-0.2, -0.15) is 0 Å². The smallest absolute Gasteiger partial charge is 0.255 e. The van der Waals surface area contributed by atoms with Gasteiger partial charge in [0.15, 0.2) is 0 Å². The third kappa shape index (κ3) is 3.57. The van der Waals surface area contributed by atoms with Gasteiger partial charge < -0.3 is 10.4 Å².